The Morgan fingerprint density at radius 1 is 1.53 bits per heavy atom. The average molecular weight is 255 g/mol. The lowest BCUT2D eigenvalue weighted by Crippen LogP contribution is -2.47. The van der Waals surface area contributed by atoms with E-state index in [1.165, 1.54) is 4.90 Å². The number of aliphatic hydroxyl groups is 1. The third-order valence-corrected chi connectivity index (χ3v) is 3.24. The minimum Gasteiger partial charge on any atom is -0.481 e. The summed E-state index contributed by atoms with van der Waals surface area (Å²) in [4.78, 5) is 12.2. The first kappa shape index (κ1) is 14.2. The molecule has 1 aliphatic heterocycles. The molecule has 0 aromatic rings. The van der Waals surface area contributed by atoms with E-state index in [1.807, 2.05) is 0 Å². The maximum Gasteiger partial charge on any atom is 0.406 e. The van der Waals surface area contributed by atoms with Crippen molar-refractivity contribution in [3.05, 3.63) is 0 Å². The summed E-state index contributed by atoms with van der Waals surface area (Å²) < 4.78 is 38.4. The molecule has 2 unspecified atom stereocenters. The van der Waals surface area contributed by atoms with E-state index in [4.69, 9.17) is 5.11 Å². The molecule has 0 radical (unpaired) electrons. The van der Waals surface area contributed by atoms with Crippen LogP contribution in [0.5, 0.6) is 0 Å². The van der Waals surface area contributed by atoms with Gasteiger partial charge in [0, 0.05) is 13.1 Å². The van der Waals surface area contributed by atoms with E-state index in [0.717, 1.165) is 0 Å². The number of β-amino-alcohol motifs (C(OH)–C–C–N with tert-alkyl or cyclic N) is 1. The molecule has 1 saturated heterocycles. The second-order valence-electron chi connectivity index (χ2n) is 4.43. The molecule has 7 heteroatoms. The number of carboxylic acid groups (broad SMARTS) is 1. The molecule has 2 atom stereocenters. The number of likely N-dealkylation sites (tertiary alicyclic amines) is 1. The summed E-state index contributed by atoms with van der Waals surface area (Å²) in [6, 6.07) is 0. The van der Waals surface area contributed by atoms with E-state index in [2.05, 4.69) is 0 Å². The second kappa shape index (κ2) is 4.81. The Balaban J connectivity index is 2.77. The van der Waals surface area contributed by atoms with Gasteiger partial charge in [-0.3, -0.25) is 9.69 Å². The van der Waals surface area contributed by atoms with Gasteiger partial charge in [-0.2, -0.15) is 13.2 Å². The highest BCUT2D eigenvalue weighted by atomic mass is 19.4. The number of aliphatic carboxylic acids is 1. The lowest BCUT2D eigenvalue weighted by atomic mass is 9.86. The number of alkyl halides is 3. The van der Waals surface area contributed by atoms with Crippen LogP contribution in [0.3, 0.4) is 0 Å². The van der Waals surface area contributed by atoms with Gasteiger partial charge in [-0.05, 0) is 19.4 Å². The number of carboxylic acids is 1. The normalized spacial score (nSPS) is 28.3. The van der Waals surface area contributed by atoms with Crippen molar-refractivity contribution in [2.75, 3.05) is 19.6 Å². The van der Waals surface area contributed by atoms with Crippen molar-refractivity contribution in [1.82, 2.24) is 4.90 Å². The fraction of sp³-hybridized carbons (Fsp3) is 0.900. The van der Waals surface area contributed by atoms with E-state index in [9.17, 15) is 23.1 Å². The zero-order chi connectivity index (χ0) is 13.3. The maximum absolute atomic E-state index is 12.8. The highest BCUT2D eigenvalue weighted by Gasteiger charge is 2.63. The minimum absolute atomic E-state index is 0.0445. The standard InChI is InChI=1S/C10H16F3NO3/c1-2-7(15)5-14-4-3-9(6-14,8(16)17)10(11,12)13/h7,15H,2-6H2,1H3,(H,16,17). The third kappa shape index (κ3) is 2.71. The van der Waals surface area contributed by atoms with Crippen LogP contribution < -0.4 is 0 Å². The maximum atomic E-state index is 12.8. The molecule has 0 amide bonds. The molecule has 0 spiro atoms. The molecular formula is C10H16F3NO3. The number of aliphatic hydroxyl groups excluding tert-OH is 1. The Bertz CT molecular complexity index is 295. The molecule has 1 fully saturated rings. The highest BCUT2D eigenvalue weighted by Crippen LogP contribution is 2.45. The summed E-state index contributed by atoms with van der Waals surface area (Å²) in [5.74, 6) is -1.83. The van der Waals surface area contributed by atoms with Gasteiger partial charge in [-0.15, -0.1) is 0 Å². The summed E-state index contributed by atoms with van der Waals surface area (Å²) in [5.41, 5.74) is -2.68. The van der Waals surface area contributed by atoms with Gasteiger partial charge in [0.25, 0.3) is 0 Å². The molecule has 1 rings (SSSR count). The van der Waals surface area contributed by atoms with E-state index in [-0.39, 0.29) is 13.1 Å². The van der Waals surface area contributed by atoms with Gasteiger partial charge in [0.05, 0.1) is 6.10 Å². The molecule has 2 N–H and O–H groups in total. The van der Waals surface area contributed by atoms with E-state index >= 15 is 0 Å². The van der Waals surface area contributed by atoms with Gasteiger partial charge in [0.2, 0.25) is 0 Å². The van der Waals surface area contributed by atoms with Gasteiger partial charge in [-0.1, -0.05) is 6.92 Å². The molecule has 0 bridgehead atoms. The zero-order valence-corrected chi connectivity index (χ0v) is 9.50. The SMILES string of the molecule is CCC(O)CN1CCC(C(=O)O)(C(F)(F)F)C1. The van der Waals surface area contributed by atoms with Crippen LogP contribution >= 0.6 is 0 Å². The quantitative estimate of drug-likeness (QED) is 0.789. The molecule has 1 aliphatic rings. The van der Waals surface area contributed by atoms with Crippen molar-refractivity contribution >= 4 is 5.97 Å². The topological polar surface area (TPSA) is 60.8 Å². The first-order valence-corrected chi connectivity index (χ1v) is 5.43. The zero-order valence-electron chi connectivity index (χ0n) is 9.50. The average Bonchev–Trinajstić information content (AvgIpc) is 2.62. The first-order valence-electron chi connectivity index (χ1n) is 5.43. The Hall–Kier alpha value is -0.820. The molecule has 4 nitrogen and oxygen atoms in total. The highest BCUT2D eigenvalue weighted by molar-refractivity contribution is 5.76. The molecule has 17 heavy (non-hydrogen) atoms. The van der Waals surface area contributed by atoms with Gasteiger partial charge in [0.1, 0.15) is 0 Å². The predicted molar refractivity (Wildman–Crippen MR) is 53.5 cm³/mol. The largest absolute Gasteiger partial charge is 0.481 e. The molecule has 0 aromatic carbocycles. The molecule has 1 heterocycles. The predicted octanol–water partition coefficient (Wildman–Crippen LogP) is 1.10. The minimum atomic E-state index is -4.76. The second-order valence-corrected chi connectivity index (χ2v) is 4.43. The number of nitrogens with zero attached hydrogens (tertiary/aromatic N) is 1. The number of hydrogen-bond donors (Lipinski definition) is 2. The van der Waals surface area contributed by atoms with Crippen LogP contribution in [0.1, 0.15) is 19.8 Å². The summed E-state index contributed by atoms with van der Waals surface area (Å²) >= 11 is 0. The molecular weight excluding hydrogens is 239 g/mol. The first-order chi connectivity index (χ1) is 7.73. The van der Waals surface area contributed by atoms with Crippen LogP contribution in [0.15, 0.2) is 0 Å². The van der Waals surface area contributed by atoms with E-state index in [1.54, 1.807) is 6.92 Å². The summed E-state index contributed by atoms with van der Waals surface area (Å²) in [6.07, 6.45) is -5.50. The number of rotatable bonds is 4. The third-order valence-electron chi connectivity index (χ3n) is 3.24. The van der Waals surface area contributed by atoms with Crippen molar-refractivity contribution < 1.29 is 28.2 Å². The summed E-state index contributed by atoms with van der Waals surface area (Å²) in [7, 11) is 0. The summed E-state index contributed by atoms with van der Waals surface area (Å²) in [6.45, 7) is 1.27. The molecule has 0 aromatic heterocycles. The van der Waals surface area contributed by atoms with Crippen LogP contribution in [0.25, 0.3) is 0 Å². The van der Waals surface area contributed by atoms with Gasteiger partial charge >= 0.3 is 12.1 Å². The molecule has 0 aliphatic carbocycles. The van der Waals surface area contributed by atoms with Crippen molar-refractivity contribution in [1.29, 1.82) is 0 Å². The Labute approximate surface area is 97.0 Å². The van der Waals surface area contributed by atoms with Crippen molar-refractivity contribution in [3.63, 3.8) is 0 Å². The fourth-order valence-electron chi connectivity index (χ4n) is 2.00. The fourth-order valence-corrected chi connectivity index (χ4v) is 2.00. The monoisotopic (exact) mass is 255 g/mol. The number of halogens is 3. The van der Waals surface area contributed by atoms with Crippen molar-refractivity contribution in [3.8, 4) is 0 Å². The molecule has 100 valence electrons. The summed E-state index contributed by atoms with van der Waals surface area (Å²) in [5, 5.41) is 18.2. The van der Waals surface area contributed by atoms with Crippen LogP contribution in [-0.4, -0.2) is 53.0 Å². The van der Waals surface area contributed by atoms with Crippen LogP contribution in [0, 0.1) is 5.41 Å². The number of hydrogen-bond acceptors (Lipinski definition) is 3. The van der Waals surface area contributed by atoms with E-state index < -0.39 is 36.6 Å². The van der Waals surface area contributed by atoms with Crippen molar-refractivity contribution in [2.45, 2.75) is 32.0 Å². The van der Waals surface area contributed by atoms with E-state index in [0.29, 0.717) is 6.42 Å². The van der Waals surface area contributed by atoms with Crippen molar-refractivity contribution in [2.24, 2.45) is 5.41 Å². The van der Waals surface area contributed by atoms with Crippen LogP contribution in [-0.2, 0) is 4.79 Å². The smallest absolute Gasteiger partial charge is 0.406 e. The lowest BCUT2D eigenvalue weighted by molar-refractivity contribution is -0.227. The van der Waals surface area contributed by atoms with Gasteiger partial charge in [-0.25, -0.2) is 0 Å². The van der Waals surface area contributed by atoms with Crippen LogP contribution in [0.4, 0.5) is 13.2 Å². The Morgan fingerprint density at radius 3 is 2.47 bits per heavy atom. The Morgan fingerprint density at radius 2 is 2.12 bits per heavy atom. The van der Waals surface area contributed by atoms with Gasteiger partial charge in [0.15, 0.2) is 5.41 Å². The van der Waals surface area contributed by atoms with Crippen LogP contribution in [0.2, 0.25) is 0 Å². The number of carbonyl (C=O) groups is 1. The van der Waals surface area contributed by atoms with Gasteiger partial charge < -0.3 is 10.2 Å². The Kier molecular flexibility index (Phi) is 4.03. The lowest BCUT2D eigenvalue weighted by Gasteiger charge is -2.27. The molecule has 0 saturated carbocycles.